The molecule has 1 aliphatic heterocycles. The molecule has 7 nitrogen and oxygen atoms in total. The fraction of sp³-hybridized carbons (Fsp3) is 0.300. The van der Waals surface area contributed by atoms with E-state index in [-0.39, 0.29) is 4.90 Å². The van der Waals surface area contributed by atoms with Crippen molar-refractivity contribution in [3.63, 3.8) is 0 Å². The summed E-state index contributed by atoms with van der Waals surface area (Å²) >= 11 is 7.49. The summed E-state index contributed by atoms with van der Waals surface area (Å²) in [4.78, 5) is 17.0. The van der Waals surface area contributed by atoms with E-state index in [0.29, 0.717) is 40.2 Å². The summed E-state index contributed by atoms with van der Waals surface area (Å²) in [5.74, 6) is -0.0436. The Kier molecular flexibility index (Phi) is 5.97. The predicted octanol–water partition coefficient (Wildman–Crippen LogP) is 4.13. The van der Waals surface area contributed by atoms with Crippen LogP contribution >= 0.6 is 22.9 Å². The van der Waals surface area contributed by atoms with Crippen molar-refractivity contribution in [3.05, 3.63) is 53.1 Å². The van der Waals surface area contributed by atoms with E-state index in [4.69, 9.17) is 11.6 Å². The first-order chi connectivity index (χ1) is 14.3. The molecule has 3 aromatic rings. The Hall–Kier alpha value is -2.20. The lowest BCUT2D eigenvalue weighted by Crippen LogP contribution is -2.39. The number of hydrazine groups is 1. The molecule has 1 aromatic heterocycles. The van der Waals surface area contributed by atoms with Crippen molar-refractivity contribution in [2.24, 2.45) is 5.92 Å². The number of hydrogen-bond donors (Lipinski definition) is 2. The summed E-state index contributed by atoms with van der Waals surface area (Å²) in [6.45, 7) is 3.12. The van der Waals surface area contributed by atoms with Crippen molar-refractivity contribution in [1.29, 1.82) is 0 Å². The van der Waals surface area contributed by atoms with Crippen molar-refractivity contribution < 1.29 is 13.2 Å². The lowest BCUT2D eigenvalue weighted by atomic mass is 10.0. The minimum atomic E-state index is -3.55. The van der Waals surface area contributed by atoms with Gasteiger partial charge in [0.2, 0.25) is 15.2 Å². The van der Waals surface area contributed by atoms with Crippen LogP contribution in [-0.2, 0) is 10.0 Å². The maximum Gasteiger partial charge on any atom is 0.269 e. The maximum atomic E-state index is 12.8. The highest BCUT2D eigenvalue weighted by atomic mass is 35.5. The summed E-state index contributed by atoms with van der Waals surface area (Å²) in [6.07, 6.45) is 1.91. The van der Waals surface area contributed by atoms with Gasteiger partial charge in [0, 0.05) is 18.7 Å². The Morgan fingerprint density at radius 2 is 2.00 bits per heavy atom. The first-order valence-corrected chi connectivity index (χ1v) is 12.2. The third-order valence-electron chi connectivity index (χ3n) is 5.03. The number of anilines is 1. The number of aromatic nitrogens is 1. The van der Waals surface area contributed by atoms with Gasteiger partial charge in [-0.2, -0.15) is 4.31 Å². The molecule has 0 radical (unpaired) electrons. The van der Waals surface area contributed by atoms with E-state index in [0.717, 1.165) is 17.5 Å². The zero-order chi connectivity index (χ0) is 21.3. The fourth-order valence-corrected chi connectivity index (χ4v) is 6.16. The number of sulfonamides is 1. The molecule has 2 N–H and O–H groups in total. The molecule has 1 saturated heterocycles. The van der Waals surface area contributed by atoms with Gasteiger partial charge in [-0.3, -0.25) is 15.6 Å². The minimum Gasteiger partial charge on any atom is -0.273 e. The largest absolute Gasteiger partial charge is 0.273 e. The molecule has 10 heteroatoms. The van der Waals surface area contributed by atoms with Gasteiger partial charge >= 0.3 is 0 Å². The molecule has 30 heavy (non-hydrogen) atoms. The second-order valence-corrected chi connectivity index (χ2v) is 10.7. The SMILES string of the molecule is C[C@@H]1CCCN(S(=O)(=O)c2ccc(C(=O)NNc3nc4c(Cl)cccc4s3)cc2)C1. The molecular formula is C20H21ClN4O3S2. The average Bonchev–Trinajstić information content (AvgIpc) is 3.17. The molecular weight excluding hydrogens is 444 g/mol. The first kappa shape index (κ1) is 21.0. The summed E-state index contributed by atoms with van der Waals surface area (Å²) < 4.78 is 28.1. The molecule has 0 aliphatic carbocycles. The van der Waals surface area contributed by atoms with Crippen LogP contribution < -0.4 is 10.9 Å². The smallest absolute Gasteiger partial charge is 0.269 e. The number of amides is 1. The maximum absolute atomic E-state index is 12.8. The second kappa shape index (κ2) is 8.50. The quantitative estimate of drug-likeness (QED) is 0.554. The number of piperidine rings is 1. The van der Waals surface area contributed by atoms with Crippen LogP contribution in [0.25, 0.3) is 10.2 Å². The van der Waals surface area contributed by atoms with Gasteiger partial charge in [-0.25, -0.2) is 13.4 Å². The number of fused-ring (bicyclic) bond motifs is 1. The molecule has 0 bridgehead atoms. The van der Waals surface area contributed by atoms with E-state index in [9.17, 15) is 13.2 Å². The van der Waals surface area contributed by atoms with E-state index >= 15 is 0 Å². The highest BCUT2D eigenvalue weighted by Gasteiger charge is 2.28. The van der Waals surface area contributed by atoms with Crippen LogP contribution in [0.2, 0.25) is 5.02 Å². The van der Waals surface area contributed by atoms with Crippen molar-refractivity contribution >= 4 is 54.2 Å². The van der Waals surface area contributed by atoms with E-state index in [1.807, 2.05) is 12.1 Å². The van der Waals surface area contributed by atoms with Crippen molar-refractivity contribution in [3.8, 4) is 0 Å². The third kappa shape index (κ3) is 4.29. The number of nitrogens with zero attached hydrogens (tertiary/aromatic N) is 2. The molecule has 0 unspecified atom stereocenters. The fourth-order valence-electron chi connectivity index (χ4n) is 3.44. The van der Waals surface area contributed by atoms with Crippen LogP contribution in [0.15, 0.2) is 47.4 Å². The summed E-state index contributed by atoms with van der Waals surface area (Å²) in [6, 6.07) is 11.5. The van der Waals surface area contributed by atoms with Gasteiger partial charge in [0.1, 0.15) is 5.52 Å². The topological polar surface area (TPSA) is 91.4 Å². The van der Waals surface area contributed by atoms with Gasteiger partial charge < -0.3 is 0 Å². The molecule has 0 saturated carbocycles. The van der Waals surface area contributed by atoms with Gasteiger partial charge in [0.05, 0.1) is 14.6 Å². The van der Waals surface area contributed by atoms with Crippen molar-refractivity contribution in [2.75, 3.05) is 18.5 Å². The van der Waals surface area contributed by atoms with Crippen molar-refractivity contribution in [2.45, 2.75) is 24.7 Å². The summed E-state index contributed by atoms with van der Waals surface area (Å²) in [5.41, 5.74) is 6.37. The van der Waals surface area contributed by atoms with Gasteiger partial charge in [-0.15, -0.1) is 0 Å². The lowest BCUT2D eigenvalue weighted by Gasteiger charge is -2.30. The van der Waals surface area contributed by atoms with Crippen LogP contribution in [0.4, 0.5) is 5.13 Å². The number of benzene rings is 2. The molecule has 1 aliphatic rings. The van der Waals surface area contributed by atoms with Crippen LogP contribution in [0, 0.1) is 5.92 Å². The second-order valence-electron chi connectivity index (χ2n) is 7.32. The summed E-state index contributed by atoms with van der Waals surface area (Å²) in [5, 5.41) is 1.05. The average molecular weight is 465 g/mol. The highest BCUT2D eigenvalue weighted by molar-refractivity contribution is 7.89. The van der Waals surface area contributed by atoms with Gasteiger partial charge in [-0.05, 0) is 55.2 Å². The molecule has 158 valence electrons. The van der Waals surface area contributed by atoms with Crippen LogP contribution in [0.5, 0.6) is 0 Å². The number of nitrogens with one attached hydrogen (secondary N) is 2. The molecule has 1 atom stereocenters. The van der Waals surface area contributed by atoms with E-state index in [1.165, 1.54) is 39.9 Å². The van der Waals surface area contributed by atoms with Crippen LogP contribution in [0.1, 0.15) is 30.1 Å². The normalized spacial score (nSPS) is 17.7. The third-order valence-corrected chi connectivity index (χ3v) is 8.15. The number of carbonyl (C=O) groups is 1. The molecule has 2 aromatic carbocycles. The van der Waals surface area contributed by atoms with E-state index in [2.05, 4.69) is 22.8 Å². The Morgan fingerprint density at radius 1 is 1.23 bits per heavy atom. The Labute approximate surface area is 184 Å². The molecule has 1 amide bonds. The van der Waals surface area contributed by atoms with Gasteiger partial charge in [0.25, 0.3) is 5.91 Å². The Balaban J connectivity index is 1.43. The predicted molar refractivity (Wildman–Crippen MR) is 119 cm³/mol. The van der Waals surface area contributed by atoms with Gasteiger partial charge in [0.15, 0.2) is 0 Å². The number of carbonyl (C=O) groups excluding carboxylic acids is 1. The van der Waals surface area contributed by atoms with Crippen molar-refractivity contribution in [1.82, 2.24) is 14.7 Å². The zero-order valence-electron chi connectivity index (χ0n) is 16.3. The number of halogens is 1. The number of thiazole rings is 1. The summed E-state index contributed by atoms with van der Waals surface area (Å²) in [7, 11) is -3.55. The first-order valence-electron chi connectivity index (χ1n) is 9.56. The molecule has 0 spiro atoms. The highest BCUT2D eigenvalue weighted by Crippen LogP contribution is 2.30. The molecule has 1 fully saturated rings. The Morgan fingerprint density at radius 3 is 2.70 bits per heavy atom. The van der Waals surface area contributed by atoms with E-state index < -0.39 is 15.9 Å². The van der Waals surface area contributed by atoms with E-state index in [1.54, 1.807) is 6.07 Å². The van der Waals surface area contributed by atoms with Crippen LogP contribution in [-0.4, -0.2) is 36.7 Å². The zero-order valence-corrected chi connectivity index (χ0v) is 18.6. The number of rotatable bonds is 5. The molecule has 4 rings (SSSR count). The van der Waals surface area contributed by atoms with Gasteiger partial charge in [-0.1, -0.05) is 35.9 Å². The molecule has 2 heterocycles. The van der Waals surface area contributed by atoms with Crippen LogP contribution in [0.3, 0.4) is 0 Å². The lowest BCUT2D eigenvalue weighted by molar-refractivity contribution is 0.0962. The number of para-hydroxylation sites is 1. The number of hydrogen-bond acceptors (Lipinski definition) is 6. The monoisotopic (exact) mass is 464 g/mol. The Bertz CT molecular complexity index is 1180. The standard InChI is InChI=1S/C20H21ClN4O3S2/c1-13-4-3-11-25(12-13)30(27,28)15-9-7-14(8-10-15)19(26)23-24-20-22-18-16(21)5-2-6-17(18)29-20/h2,5-10,13H,3-4,11-12H2,1H3,(H,22,24)(H,23,26)/t13-/m1/s1. The minimum absolute atomic E-state index is 0.196.